The number of aromatic nitrogens is 1. The van der Waals surface area contributed by atoms with Crippen molar-refractivity contribution in [3.8, 4) is 0 Å². The zero-order chi connectivity index (χ0) is 12.8. The first-order chi connectivity index (χ1) is 8.53. The van der Waals surface area contributed by atoms with Crippen LogP contribution >= 0.6 is 11.3 Å². The molecule has 7 heteroatoms. The first kappa shape index (κ1) is 12.0. The van der Waals surface area contributed by atoms with Crippen LogP contribution in [0.5, 0.6) is 0 Å². The molecular weight excluding hydrogens is 260 g/mol. The van der Waals surface area contributed by atoms with Crippen LogP contribution in [0.1, 0.15) is 30.9 Å². The number of rotatable bonds is 3. The molecule has 2 N–H and O–H groups in total. The predicted molar refractivity (Wildman–Crippen MR) is 64.1 cm³/mol. The average Bonchev–Trinajstić information content (AvgIpc) is 2.95. The van der Waals surface area contributed by atoms with Crippen molar-refractivity contribution < 1.29 is 13.6 Å². The fraction of sp³-hybridized carbons (Fsp3) is 0.636. The fourth-order valence-electron chi connectivity index (χ4n) is 2.00. The lowest BCUT2D eigenvalue weighted by Crippen LogP contribution is -2.35. The summed E-state index contributed by atoms with van der Waals surface area (Å²) < 4.78 is 25.9. The van der Waals surface area contributed by atoms with Crippen LogP contribution in [0.3, 0.4) is 0 Å². The van der Waals surface area contributed by atoms with Crippen LogP contribution in [0.2, 0.25) is 0 Å². The summed E-state index contributed by atoms with van der Waals surface area (Å²) in [4.78, 5) is 16.0. The number of carbonyl (C=O) groups is 1. The van der Waals surface area contributed by atoms with Crippen LogP contribution in [0, 0.1) is 0 Å². The first-order valence-corrected chi connectivity index (χ1v) is 6.79. The smallest absolute Gasteiger partial charge is 0.262 e. The third-order valence-corrected chi connectivity index (χ3v) is 3.95. The second kappa shape index (κ2) is 4.24. The molecule has 18 heavy (non-hydrogen) atoms. The molecule has 4 nitrogen and oxygen atoms in total. The summed E-state index contributed by atoms with van der Waals surface area (Å²) in [6.45, 7) is -0.434. The predicted octanol–water partition coefficient (Wildman–Crippen LogP) is 1.96. The molecule has 0 radical (unpaired) electrons. The zero-order valence-corrected chi connectivity index (χ0v) is 10.4. The molecule has 0 spiro atoms. The number of alkyl halides is 2. The van der Waals surface area contributed by atoms with Gasteiger partial charge in [0.1, 0.15) is 0 Å². The van der Waals surface area contributed by atoms with Gasteiger partial charge in [0.25, 0.3) is 5.92 Å². The highest BCUT2D eigenvalue weighted by molar-refractivity contribution is 7.13. The number of carbonyl (C=O) groups excluding carboxylic acids is 1. The molecule has 1 aromatic rings. The Morgan fingerprint density at radius 3 is 2.94 bits per heavy atom. The number of anilines is 1. The minimum Gasteiger partial charge on any atom is -0.301 e. The number of hydrogen-bond acceptors (Lipinski definition) is 4. The molecule has 2 heterocycles. The van der Waals surface area contributed by atoms with E-state index >= 15 is 0 Å². The summed E-state index contributed by atoms with van der Waals surface area (Å²) in [6, 6.07) is -0.826. The monoisotopic (exact) mass is 273 g/mol. The summed E-state index contributed by atoms with van der Waals surface area (Å²) >= 11 is 1.35. The topological polar surface area (TPSA) is 54.0 Å². The van der Waals surface area contributed by atoms with Gasteiger partial charge in [0, 0.05) is 17.7 Å². The van der Waals surface area contributed by atoms with E-state index in [1.54, 1.807) is 0 Å². The van der Waals surface area contributed by atoms with Crippen molar-refractivity contribution in [3.05, 3.63) is 11.1 Å². The van der Waals surface area contributed by atoms with E-state index in [1.807, 2.05) is 5.38 Å². The lowest BCUT2D eigenvalue weighted by molar-refractivity contribution is -0.118. The van der Waals surface area contributed by atoms with Crippen molar-refractivity contribution in [2.45, 2.75) is 37.1 Å². The Bertz CT molecular complexity index is 473. The summed E-state index contributed by atoms with van der Waals surface area (Å²) in [5.74, 6) is -2.69. The van der Waals surface area contributed by atoms with E-state index in [4.69, 9.17) is 0 Å². The molecular formula is C11H13F2N3OS. The van der Waals surface area contributed by atoms with Gasteiger partial charge in [-0.15, -0.1) is 11.3 Å². The minimum absolute atomic E-state index is 0.427. The molecule has 0 bridgehead atoms. The van der Waals surface area contributed by atoms with Gasteiger partial charge in [-0.25, -0.2) is 13.8 Å². The van der Waals surface area contributed by atoms with Crippen LogP contribution in [0.25, 0.3) is 0 Å². The van der Waals surface area contributed by atoms with E-state index in [-0.39, 0.29) is 0 Å². The molecule has 2 fully saturated rings. The Morgan fingerprint density at radius 2 is 2.33 bits per heavy atom. The average molecular weight is 273 g/mol. The second-order valence-electron chi connectivity index (χ2n) is 4.83. The van der Waals surface area contributed by atoms with Gasteiger partial charge >= 0.3 is 0 Å². The van der Waals surface area contributed by atoms with E-state index in [9.17, 15) is 13.6 Å². The Labute approximate surface area is 107 Å². The van der Waals surface area contributed by atoms with E-state index in [1.165, 1.54) is 11.3 Å². The molecule has 1 unspecified atom stereocenters. The minimum atomic E-state index is -2.79. The van der Waals surface area contributed by atoms with Crippen LogP contribution < -0.4 is 10.6 Å². The van der Waals surface area contributed by atoms with E-state index in [2.05, 4.69) is 15.6 Å². The number of nitrogens with zero attached hydrogens (tertiary/aromatic N) is 1. The Balaban J connectivity index is 1.60. The first-order valence-electron chi connectivity index (χ1n) is 5.91. The maximum atomic E-state index is 13.0. The molecule has 2 aliphatic rings. The van der Waals surface area contributed by atoms with Gasteiger partial charge in [-0.1, -0.05) is 0 Å². The van der Waals surface area contributed by atoms with Gasteiger partial charge < -0.3 is 5.32 Å². The van der Waals surface area contributed by atoms with Gasteiger partial charge in [-0.2, -0.15) is 0 Å². The Kier molecular flexibility index (Phi) is 2.82. The number of nitrogens with one attached hydrogen (secondary N) is 2. The highest BCUT2D eigenvalue weighted by Gasteiger charge is 2.42. The Morgan fingerprint density at radius 1 is 1.56 bits per heavy atom. The fourth-order valence-corrected chi connectivity index (χ4v) is 2.80. The van der Waals surface area contributed by atoms with Crippen molar-refractivity contribution in [3.63, 3.8) is 0 Å². The van der Waals surface area contributed by atoms with E-state index < -0.39 is 30.8 Å². The lowest BCUT2D eigenvalue weighted by Gasteiger charge is -2.08. The largest absolute Gasteiger partial charge is 0.301 e. The summed E-state index contributed by atoms with van der Waals surface area (Å²) in [5, 5.41) is 7.54. The molecule has 1 aromatic heterocycles. The van der Waals surface area contributed by atoms with Crippen molar-refractivity contribution >= 4 is 22.4 Å². The number of amides is 1. The number of thiazole rings is 1. The number of halogens is 2. The standard InChI is InChI=1S/C11H13F2N3OS/c12-11(13)3-7(14-5-11)9(17)16-10-15-8(4-18-10)6-1-2-6/h4,6-7,14H,1-3,5H2,(H,15,16,17). The lowest BCUT2D eigenvalue weighted by atomic mass is 10.2. The van der Waals surface area contributed by atoms with Crippen molar-refractivity contribution in [1.29, 1.82) is 0 Å². The summed E-state index contributed by atoms with van der Waals surface area (Å²) in [7, 11) is 0. The van der Waals surface area contributed by atoms with Crippen molar-refractivity contribution in [1.82, 2.24) is 10.3 Å². The SMILES string of the molecule is O=C(Nc1nc(C2CC2)cs1)C1CC(F)(F)CN1. The molecule has 1 atom stereocenters. The van der Waals surface area contributed by atoms with E-state index in [0.29, 0.717) is 11.0 Å². The Hall–Kier alpha value is -1.08. The van der Waals surface area contributed by atoms with Crippen LogP contribution in [0.4, 0.5) is 13.9 Å². The highest BCUT2D eigenvalue weighted by atomic mass is 32.1. The van der Waals surface area contributed by atoms with Crippen molar-refractivity contribution in [2.24, 2.45) is 0 Å². The molecule has 1 saturated carbocycles. The van der Waals surface area contributed by atoms with Gasteiger partial charge in [0.2, 0.25) is 5.91 Å². The number of hydrogen-bond donors (Lipinski definition) is 2. The third kappa shape index (κ3) is 2.51. The van der Waals surface area contributed by atoms with Crippen LogP contribution in [-0.4, -0.2) is 29.4 Å². The molecule has 1 amide bonds. The highest BCUT2D eigenvalue weighted by Crippen LogP contribution is 2.40. The molecule has 1 aliphatic heterocycles. The van der Waals surface area contributed by atoms with Gasteiger partial charge in [-0.3, -0.25) is 10.1 Å². The summed E-state index contributed by atoms with van der Waals surface area (Å²) in [6.07, 6.45) is 1.85. The second-order valence-corrected chi connectivity index (χ2v) is 5.69. The maximum absolute atomic E-state index is 13.0. The summed E-state index contributed by atoms with van der Waals surface area (Å²) in [5.41, 5.74) is 1.00. The molecule has 1 aliphatic carbocycles. The third-order valence-electron chi connectivity index (χ3n) is 3.17. The van der Waals surface area contributed by atoms with Gasteiger partial charge in [0.05, 0.1) is 18.3 Å². The normalized spacial score (nSPS) is 26.2. The van der Waals surface area contributed by atoms with Crippen molar-refractivity contribution in [2.75, 3.05) is 11.9 Å². The van der Waals surface area contributed by atoms with E-state index in [0.717, 1.165) is 18.5 Å². The quantitative estimate of drug-likeness (QED) is 0.885. The van der Waals surface area contributed by atoms with Gasteiger partial charge in [0.15, 0.2) is 5.13 Å². The van der Waals surface area contributed by atoms with Crippen LogP contribution in [0.15, 0.2) is 5.38 Å². The molecule has 3 rings (SSSR count). The maximum Gasteiger partial charge on any atom is 0.262 e. The van der Waals surface area contributed by atoms with Gasteiger partial charge in [-0.05, 0) is 12.8 Å². The molecule has 1 saturated heterocycles. The van der Waals surface area contributed by atoms with Crippen LogP contribution in [-0.2, 0) is 4.79 Å². The zero-order valence-electron chi connectivity index (χ0n) is 9.58. The molecule has 0 aromatic carbocycles. The molecule has 98 valence electrons.